The van der Waals surface area contributed by atoms with Crippen LogP contribution in [0.25, 0.3) is 0 Å². The summed E-state index contributed by atoms with van der Waals surface area (Å²) in [5.74, 6) is 1.66. The summed E-state index contributed by atoms with van der Waals surface area (Å²) in [6, 6.07) is 8.41. The van der Waals surface area contributed by atoms with E-state index in [4.69, 9.17) is 17.3 Å². The van der Waals surface area contributed by atoms with Crippen molar-refractivity contribution in [2.45, 2.75) is 57.9 Å². The number of nitrogens with two attached hydrogens (primary N) is 1. The van der Waals surface area contributed by atoms with E-state index >= 15 is 0 Å². The first-order chi connectivity index (χ1) is 9.19. The van der Waals surface area contributed by atoms with E-state index in [0.717, 1.165) is 17.4 Å². The highest BCUT2D eigenvalue weighted by Crippen LogP contribution is 2.33. The van der Waals surface area contributed by atoms with Gasteiger partial charge in [-0.05, 0) is 48.8 Å². The average Bonchev–Trinajstić information content (AvgIpc) is 2.40. The molecule has 0 spiro atoms. The summed E-state index contributed by atoms with van der Waals surface area (Å²) >= 11 is 6.03. The third kappa shape index (κ3) is 4.50. The Bertz CT molecular complexity index is 383. The molecule has 1 atom stereocenters. The second-order valence-electron chi connectivity index (χ2n) is 6.07. The maximum Gasteiger partial charge on any atom is 0.0408 e. The minimum absolute atomic E-state index is 0.293. The van der Waals surface area contributed by atoms with Crippen LogP contribution < -0.4 is 5.73 Å². The van der Waals surface area contributed by atoms with Gasteiger partial charge in [0.2, 0.25) is 0 Å². The Balaban J connectivity index is 1.82. The first kappa shape index (κ1) is 14.9. The Kier molecular flexibility index (Phi) is 5.72. The van der Waals surface area contributed by atoms with E-state index in [2.05, 4.69) is 13.0 Å². The normalized spacial score (nSPS) is 25.2. The van der Waals surface area contributed by atoms with Crippen LogP contribution in [0.2, 0.25) is 5.02 Å². The van der Waals surface area contributed by atoms with Gasteiger partial charge >= 0.3 is 0 Å². The molecule has 106 valence electrons. The van der Waals surface area contributed by atoms with Crippen LogP contribution in [0, 0.1) is 11.8 Å². The molecule has 1 unspecified atom stereocenters. The molecule has 0 saturated heterocycles. The van der Waals surface area contributed by atoms with Gasteiger partial charge in [-0.15, -0.1) is 0 Å². The summed E-state index contributed by atoms with van der Waals surface area (Å²) in [5.41, 5.74) is 7.68. The van der Waals surface area contributed by atoms with Crippen molar-refractivity contribution in [1.82, 2.24) is 0 Å². The SMILES string of the molecule is CCCC1CCC(C(N)Cc2cccc(Cl)c2)CC1. The summed E-state index contributed by atoms with van der Waals surface area (Å²) in [7, 11) is 0. The van der Waals surface area contributed by atoms with Gasteiger partial charge in [0.25, 0.3) is 0 Å². The summed E-state index contributed by atoms with van der Waals surface area (Å²) in [4.78, 5) is 0. The Morgan fingerprint density at radius 2 is 2.00 bits per heavy atom. The molecule has 0 heterocycles. The summed E-state index contributed by atoms with van der Waals surface area (Å²) in [6.07, 6.45) is 9.06. The zero-order valence-electron chi connectivity index (χ0n) is 11.9. The van der Waals surface area contributed by atoms with E-state index < -0.39 is 0 Å². The van der Waals surface area contributed by atoms with Crippen molar-refractivity contribution in [1.29, 1.82) is 0 Å². The van der Waals surface area contributed by atoms with Crippen LogP contribution in [0.1, 0.15) is 51.0 Å². The molecule has 0 amide bonds. The van der Waals surface area contributed by atoms with E-state index in [1.165, 1.54) is 44.1 Å². The molecule has 0 aromatic heterocycles. The van der Waals surface area contributed by atoms with Gasteiger partial charge in [-0.3, -0.25) is 0 Å². The van der Waals surface area contributed by atoms with Crippen LogP contribution in [0.3, 0.4) is 0 Å². The lowest BCUT2D eigenvalue weighted by molar-refractivity contribution is 0.232. The molecule has 2 rings (SSSR count). The number of halogens is 1. The highest BCUT2D eigenvalue weighted by molar-refractivity contribution is 6.30. The molecule has 1 aromatic carbocycles. The predicted octanol–water partition coefficient (Wildman–Crippen LogP) is 4.82. The van der Waals surface area contributed by atoms with E-state index in [9.17, 15) is 0 Å². The standard InChI is InChI=1S/C17H26ClN/c1-2-4-13-7-9-15(10-8-13)17(19)12-14-5-3-6-16(18)11-14/h3,5-6,11,13,15,17H,2,4,7-10,12,19H2,1H3. The van der Waals surface area contributed by atoms with E-state index in [1.807, 2.05) is 18.2 Å². The first-order valence-electron chi connectivity index (χ1n) is 7.69. The van der Waals surface area contributed by atoms with Gasteiger partial charge in [0, 0.05) is 11.1 Å². The molecule has 1 aliphatic carbocycles. The van der Waals surface area contributed by atoms with E-state index in [1.54, 1.807) is 0 Å². The van der Waals surface area contributed by atoms with Crippen molar-refractivity contribution in [3.8, 4) is 0 Å². The van der Waals surface area contributed by atoms with Crippen LogP contribution >= 0.6 is 11.6 Å². The third-order valence-corrected chi connectivity index (χ3v) is 4.79. The van der Waals surface area contributed by atoms with Crippen LogP contribution in [0.4, 0.5) is 0 Å². The fourth-order valence-corrected chi connectivity index (χ4v) is 3.63. The molecular weight excluding hydrogens is 254 g/mol. The number of hydrogen-bond acceptors (Lipinski definition) is 1. The van der Waals surface area contributed by atoms with Crippen LogP contribution in [-0.4, -0.2) is 6.04 Å². The minimum atomic E-state index is 0.293. The van der Waals surface area contributed by atoms with Gasteiger partial charge in [0.15, 0.2) is 0 Å². The molecule has 19 heavy (non-hydrogen) atoms. The van der Waals surface area contributed by atoms with Gasteiger partial charge < -0.3 is 5.73 Å². The lowest BCUT2D eigenvalue weighted by atomic mass is 9.76. The van der Waals surface area contributed by atoms with Crippen LogP contribution in [-0.2, 0) is 6.42 Å². The molecule has 1 fully saturated rings. The quantitative estimate of drug-likeness (QED) is 0.822. The zero-order chi connectivity index (χ0) is 13.7. The fraction of sp³-hybridized carbons (Fsp3) is 0.647. The van der Waals surface area contributed by atoms with Crippen LogP contribution in [0.15, 0.2) is 24.3 Å². The molecule has 1 aliphatic rings. The Labute approximate surface area is 122 Å². The summed E-state index contributed by atoms with van der Waals surface area (Å²) < 4.78 is 0. The molecule has 1 nitrogen and oxygen atoms in total. The van der Waals surface area contributed by atoms with Crippen molar-refractivity contribution in [3.05, 3.63) is 34.9 Å². The molecule has 2 heteroatoms. The smallest absolute Gasteiger partial charge is 0.0408 e. The molecule has 0 bridgehead atoms. The van der Waals surface area contributed by atoms with Crippen molar-refractivity contribution in [2.24, 2.45) is 17.6 Å². The topological polar surface area (TPSA) is 26.0 Å². The number of rotatable bonds is 5. The summed E-state index contributed by atoms with van der Waals surface area (Å²) in [5, 5.41) is 0.816. The molecule has 1 saturated carbocycles. The van der Waals surface area contributed by atoms with Gasteiger partial charge in [-0.25, -0.2) is 0 Å². The third-order valence-electron chi connectivity index (χ3n) is 4.55. The molecule has 2 N–H and O–H groups in total. The van der Waals surface area contributed by atoms with Crippen molar-refractivity contribution >= 4 is 11.6 Å². The average molecular weight is 280 g/mol. The monoisotopic (exact) mass is 279 g/mol. The van der Waals surface area contributed by atoms with E-state index in [-0.39, 0.29) is 0 Å². The summed E-state index contributed by atoms with van der Waals surface area (Å²) in [6.45, 7) is 2.29. The molecule has 0 aliphatic heterocycles. The second kappa shape index (κ2) is 7.31. The number of benzene rings is 1. The second-order valence-corrected chi connectivity index (χ2v) is 6.50. The Morgan fingerprint density at radius 3 is 2.63 bits per heavy atom. The molecular formula is C17H26ClN. The van der Waals surface area contributed by atoms with E-state index in [0.29, 0.717) is 12.0 Å². The van der Waals surface area contributed by atoms with Gasteiger partial charge in [-0.1, -0.05) is 56.3 Å². The lowest BCUT2D eigenvalue weighted by Gasteiger charge is -2.32. The van der Waals surface area contributed by atoms with Crippen molar-refractivity contribution in [3.63, 3.8) is 0 Å². The lowest BCUT2D eigenvalue weighted by Crippen LogP contribution is -2.34. The maximum atomic E-state index is 6.41. The van der Waals surface area contributed by atoms with Gasteiger partial charge in [-0.2, -0.15) is 0 Å². The van der Waals surface area contributed by atoms with Gasteiger partial charge in [0.05, 0.1) is 0 Å². The minimum Gasteiger partial charge on any atom is -0.327 e. The van der Waals surface area contributed by atoms with Crippen LogP contribution in [0.5, 0.6) is 0 Å². The van der Waals surface area contributed by atoms with Crippen molar-refractivity contribution < 1.29 is 0 Å². The highest BCUT2D eigenvalue weighted by Gasteiger charge is 2.25. The first-order valence-corrected chi connectivity index (χ1v) is 8.07. The largest absolute Gasteiger partial charge is 0.327 e. The number of hydrogen-bond donors (Lipinski definition) is 1. The molecule has 0 radical (unpaired) electrons. The molecule has 1 aromatic rings. The zero-order valence-corrected chi connectivity index (χ0v) is 12.7. The highest BCUT2D eigenvalue weighted by atomic mass is 35.5. The van der Waals surface area contributed by atoms with Crippen molar-refractivity contribution in [2.75, 3.05) is 0 Å². The fourth-order valence-electron chi connectivity index (χ4n) is 3.42. The predicted molar refractivity (Wildman–Crippen MR) is 83.5 cm³/mol. The Hall–Kier alpha value is -0.530. The Morgan fingerprint density at radius 1 is 1.26 bits per heavy atom. The van der Waals surface area contributed by atoms with Gasteiger partial charge in [0.1, 0.15) is 0 Å². The maximum absolute atomic E-state index is 6.41.